The number of benzene rings is 2. The number of halogens is 1. The quantitative estimate of drug-likeness (QED) is 0.503. The van der Waals surface area contributed by atoms with Crippen LogP contribution < -0.4 is 9.47 Å². The molecule has 1 aliphatic rings. The molecule has 1 N–H and O–H groups in total. The molecule has 2 aromatic carbocycles. The Balaban J connectivity index is 1.85. The van der Waals surface area contributed by atoms with Gasteiger partial charge in [0.1, 0.15) is 18.0 Å². The molecule has 32 heavy (non-hydrogen) atoms. The van der Waals surface area contributed by atoms with Crippen LogP contribution in [0.4, 0.5) is 0 Å². The molecule has 170 valence electrons. The maximum atomic E-state index is 11.2. The van der Waals surface area contributed by atoms with Crippen LogP contribution in [0.2, 0.25) is 5.02 Å². The van der Waals surface area contributed by atoms with Crippen LogP contribution in [-0.4, -0.2) is 42.5 Å². The van der Waals surface area contributed by atoms with Crippen molar-refractivity contribution >= 4 is 21.7 Å². The predicted molar refractivity (Wildman–Crippen MR) is 119 cm³/mol. The third-order valence-electron chi connectivity index (χ3n) is 5.37. The summed E-state index contributed by atoms with van der Waals surface area (Å²) >= 11 is 6.36. The molecule has 0 amide bonds. The summed E-state index contributed by atoms with van der Waals surface area (Å²) in [6.07, 6.45) is 2.90. The first kappa shape index (κ1) is 22.6. The first-order valence-electron chi connectivity index (χ1n) is 9.97. The Morgan fingerprint density at radius 3 is 2.72 bits per heavy atom. The molecule has 0 bridgehead atoms. The van der Waals surface area contributed by atoms with E-state index in [-0.39, 0.29) is 12.2 Å². The van der Waals surface area contributed by atoms with E-state index in [1.807, 2.05) is 35.0 Å². The van der Waals surface area contributed by atoms with Gasteiger partial charge >= 0.3 is 0 Å². The number of nitrogens with zero attached hydrogens (tertiary/aromatic N) is 2. The molecule has 2 atom stereocenters. The largest absolute Gasteiger partial charge is 0.493 e. The average Bonchev–Trinajstić information content (AvgIpc) is 3.20. The van der Waals surface area contributed by atoms with E-state index in [2.05, 4.69) is 4.98 Å². The zero-order valence-electron chi connectivity index (χ0n) is 17.6. The summed E-state index contributed by atoms with van der Waals surface area (Å²) in [6.45, 7) is 0. The molecule has 10 heteroatoms. The van der Waals surface area contributed by atoms with Crippen molar-refractivity contribution in [3.05, 3.63) is 70.8 Å². The Morgan fingerprint density at radius 2 is 2.00 bits per heavy atom. The van der Waals surface area contributed by atoms with E-state index in [0.29, 0.717) is 28.8 Å². The number of fused-ring (bicyclic) bond motifs is 3. The molecule has 4 rings (SSSR count). The van der Waals surface area contributed by atoms with Gasteiger partial charge in [-0.15, -0.1) is 0 Å². The highest BCUT2D eigenvalue weighted by Gasteiger charge is 2.33. The number of hydrogen-bond acceptors (Lipinski definition) is 6. The molecule has 8 nitrogen and oxygen atoms in total. The molecule has 1 aliphatic heterocycles. The third kappa shape index (κ3) is 4.47. The van der Waals surface area contributed by atoms with Crippen LogP contribution in [-0.2, 0) is 14.9 Å². The average molecular weight is 479 g/mol. The Hall–Kier alpha value is -2.59. The van der Waals surface area contributed by atoms with Crippen molar-refractivity contribution in [1.29, 1.82) is 0 Å². The van der Waals surface area contributed by atoms with E-state index in [4.69, 9.17) is 30.4 Å². The van der Waals surface area contributed by atoms with Gasteiger partial charge in [0.2, 0.25) is 0 Å². The van der Waals surface area contributed by atoms with E-state index < -0.39 is 22.3 Å². The molecule has 0 aliphatic carbocycles. The second-order valence-corrected chi connectivity index (χ2v) is 9.38. The van der Waals surface area contributed by atoms with Crippen molar-refractivity contribution < 1.29 is 27.2 Å². The molecule has 3 aromatic rings. The molecule has 0 unspecified atom stereocenters. The van der Waals surface area contributed by atoms with Crippen LogP contribution in [0.3, 0.4) is 0 Å². The highest BCUT2D eigenvalue weighted by Crippen LogP contribution is 2.46. The van der Waals surface area contributed by atoms with Crippen LogP contribution >= 0.6 is 11.6 Å². The van der Waals surface area contributed by atoms with Crippen LogP contribution in [0, 0.1) is 0 Å². The second-order valence-electron chi connectivity index (χ2n) is 7.37. The molecule has 0 saturated heterocycles. The normalized spacial score (nSPS) is 17.9. The Labute approximate surface area is 191 Å². The number of ether oxygens (including phenoxy) is 3. The summed E-state index contributed by atoms with van der Waals surface area (Å²) in [4.78, 5) is 4.48. The summed E-state index contributed by atoms with van der Waals surface area (Å²) in [5.74, 6) is 1.36. The number of rotatable bonds is 7. The lowest BCUT2D eigenvalue weighted by Gasteiger charge is -2.25. The lowest BCUT2D eigenvalue weighted by Crippen LogP contribution is -2.14. The SMILES string of the molecule is COc1cccc([C@H]2O[C@H](CCCS(=O)(=O)O)c3nccn3-c3ccc(Cl)cc32)c1OC. The third-order valence-corrected chi connectivity index (χ3v) is 6.41. The lowest BCUT2D eigenvalue weighted by molar-refractivity contribution is -0.00158. The molecule has 2 heterocycles. The van der Waals surface area contributed by atoms with Crippen molar-refractivity contribution in [2.24, 2.45) is 0 Å². The van der Waals surface area contributed by atoms with Crippen molar-refractivity contribution in [3.8, 4) is 17.2 Å². The van der Waals surface area contributed by atoms with Gasteiger partial charge in [0.15, 0.2) is 11.5 Å². The number of aromatic nitrogens is 2. The molecule has 0 spiro atoms. The first-order valence-corrected chi connectivity index (χ1v) is 12.0. The van der Waals surface area contributed by atoms with Gasteiger partial charge in [-0.2, -0.15) is 8.42 Å². The van der Waals surface area contributed by atoms with Crippen molar-refractivity contribution in [3.63, 3.8) is 0 Å². The van der Waals surface area contributed by atoms with Gasteiger partial charge in [0, 0.05) is 28.5 Å². The lowest BCUT2D eigenvalue weighted by atomic mass is 9.98. The fraction of sp³-hybridized carbons (Fsp3) is 0.318. The van der Waals surface area contributed by atoms with Gasteiger partial charge < -0.3 is 18.8 Å². The summed E-state index contributed by atoms with van der Waals surface area (Å²) in [7, 11) is -0.955. The van der Waals surface area contributed by atoms with Gasteiger partial charge in [0.05, 0.1) is 25.7 Å². The van der Waals surface area contributed by atoms with E-state index in [1.165, 1.54) is 0 Å². The summed E-state index contributed by atoms with van der Waals surface area (Å²) in [5, 5.41) is 0.547. The molecule has 0 radical (unpaired) electrons. The van der Waals surface area contributed by atoms with Crippen LogP contribution in [0.1, 0.15) is 42.0 Å². The predicted octanol–water partition coefficient (Wildman–Crippen LogP) is 4.37. The van der Waals surface area contributed by atoms with Crippen molar-refractivity contribution in [1.82, 2.24) is 9.55 Å². The van der Waals surface area contributed by atoms with Crippen molar-refractivity contribution in [2.75, 3.05) is 20.0 Å². The van der Waals surface area contributed by atoms with E-state index in [0.717, 1.165) is 16.8 Å². The second kappa shape index (κ2) is 9.11. The molecular formula is C22H23ClN2O6S. The minimum Gasteiger partial charge on any atom is -0.493 e. The van der Waals surface area contributed by atoms with Crippen LogP contribution in [0.15, 0.2) is 48.8 Å². The molecule has 1 aromatic heterocycles. The van der Waals surface area contributed by atoms with Gasteiger partial charge in [0.25, 0.3) is 10.1 Å². The zero-order chi connectivity index (χ0) is 22.9. The maximum absolute atomic E-state index is 11.2. The smallest absolute Gasteiger partial charge is 0.264 e. The maximum Gasteiger partial charge on any atom is 0.264 e. The van der Waals surface area contributed by atoms with Crippen LogP contribution in [0.5, 0.6) is 11.5 Å². The monoisotopic (exact) mass is 478 g/mol. The topological polar surface area (TPSA) is 99.9 Å². The highest BCUT2D eigenvalue weighted by molar-refractivity contribution is 7.85. The summed E-state index contributed by atoms with van der Waals surface area (Å²) < 4.78 is 51.2. The first-order chi connectivity index (χ1) is 15.3. The number of methoxy groups -OCH3 is 2. The Morgan fingerprint density at radius 1 is 1.19 bits per heavy atom. The van der Waals surface area contributed by atoms with E-state index >= 15 is 0 Å². The number of hydrogen-bond donors (Lipinski definition) is 1. The van der Waals surface area contributed by atoms with Gasteiger partial charge in [-0.25, -0.2) is 4.98 Å². The van der Waals surface area contributed by atoms with Crippen LogP contribution in [0.25, 0.3) is 5.69 Å². The summed E-state index contributed by atoms with van der Waals surface area (Å²) in [6, 6.07) is 11.1. The van der Waals surface area contributed by atoms with Crippen molar-refractivity contribution in [2.45, 2.75) is 25.0 Å². The highest BCUT2D eigenvalue weighted by atomic mass is 35.5. The van der Waals surface area contributed by atoms with E-state index in [9.17, 15) is 8.42 Å². The summed E-state index contributed by atoms with van der Waals surface area (Å²) in [5.41, 5.74) is 2.38. The fourth-order valence-corrected chi connectivity index (χ4v) is 4.73. The van der Waals surface area contributed by atoms with Gasteiger partial charge in [-0.1, -0.05) is 23.7 Å². The Bertz CT molecular complexity index is 1230. The minimum atomic E-state index is -4.08. The molecular weight excluding hydrogens is 456 g/mol. The van der Waals surface area contributed by atoms with Gasteiger partial charge in [-0.05, 0) is 37.1 Å². The number of para-hydroxylation sites is 1. The minimum absolute atomic E-state index is 0.204. The zero-order valence-corrected chi connectivity index (χ0v) is 19.1. The fourth-order valence-electron chi connectivity index (χ4n) is 4.02. The number of imidazole rings is 1. The van der Waals surface area contributed by atoms with Gasteiger partial charge in [-0.3, -0.25) is 4.55 Å². The van der Waals surface area contributed by atoms with E-state index in [1.54, 1.807) is 32.5 Å². The standard InChI is InChI=1S/C22H23ClN2O6S/c1-29-18-6-3-5-15(21(18)30-2)20-16-13-14(23)8-9-17(16)25-11-10-24-22(25)19(31-20)7-4-12-32(26,27)28/h3,5-6,8-11,13,19-20H,4,7,12H2,1-2H3,(H,26,27,28)/t19-,20-/m1/s1. The Kier molecular flexibility index (Phi) is 6.43. The molecule has 0 saturated carbocycles. The molecule has 0 fully saturated rings.